The number of nitrogens with zero attached hydrogens (tertiary/aromatic N) is 7. The van der Waals surface area contributed by atoms with Crippen molar-refractivity contribution in [1.82, 2.24) is 24.8 Å². The topological polar surface area (TPSA) is 184 Å². The lowest BCUT2D eigenvalue weighted by Crippen LogP contribution is -2.54. The Labute approximate surface area is 243 Å². The number of hydrogen-bond acceptors (Lipinski definition) is 11. The van der Waals surface area contributed by atoms with Crippen LogP contribution in [0.5, 0.6) is 0 Å². The van der Waals surface area contributed by atoms with Crippen LogP contribution in [0, 0.1) is 0 Å². The zero-order valence-corrected chi connectivity index (χ0v) is 28.1. The Morgan fingerprint density at radius 3 is 2.24 bits per heavy atom. The van der Waals surface area contributed by atoms with Gasteiger partial charge in [-0.1, -0.05) is 41.5 Å². The van der Waals surface area contributed by atoms with E-state index in [-0.39, 0.29) is 34.9 Å². The third-order valence-electron chi connectivity index (χ3n) is 8.48. The second-order valence-corrected chi connectivity index (χ2v) is 22.9. The van der Waals surface area contributed by atoms with E-state index in [1.54, 1.807) is 4.57 Å². The molecule has 3 heterocycles. The van der Waals surface area contributed by atoms with Crippen molar-refractivity contribution in [2.75, 3.05) is 25.9 Å². The standard InChI is InChI=1S/C25H45N9O5Si2/c1-24(2,3)40(8,9)38-18-15(12-28-13-16(35)36-7)37-22(19(18)39-41(10,11)25(4,5)6)34-21-17(20(26)29-14-30-21)31-23(34)32-33-27/h14-15,18-19,22,28H,12-13H2,1-11H3,(H2,26,29,30)/t15-,18-,19?,22-/m1/s1. The number of aromatic nitrogens is 4. The number of nitrogens with one attached hydrogen (secondary N) is 1. The Morgan fingerprint density at radius 2 is 1.71 bits per heavy atom. The van der Waals surface area contributed by atoms with Crippen LogP contribution in [0.3, 0.4) is 0 Å². The van der Waals surface area contributed by atoms with Crippen molar-refractivity contribution >= 4 is 45.5 Å². The second-order valence-electron chi connectivity index (χ2n) is 13.4. The lowest BCUT2D eigenvalue weighted by Gasteiger charge is -2.44. The highest BCUT2D eigenvalue weighted by Gasteiger charge is 2.54. The highest BCUT2D eigenvalue weighted by atomic mass is 28.4. The number of ether oxygens (including phenoxy) is 2. The molecule has 3 rings (SSSR count). The number of rotatable bonds is 10. The fraction of sp³-hybridized carbons (Fsp3) is 0.760. The van der Waals surface area contributed by atoms with Crippen molar-refractivity contribution in [1.29, 1.82) is 0 Å². The number of nitrogens with two attached hydrogens (primary N) is 1. The maximum atomic E-state index is 11.9. The van der Waals surface area contributed by atoms with E-state index in [9.17, 15) is 10.3 Å². The van der Waals surface area contributed by atoms with E-state index in [0.717, 1.165) is 0 Å². The minimum atomic E-state index is -2.42. The van der Waals surface area contributed by atoms with Gasteiger partial charge in [-0.25, -0.2) is 15.0 Å². The number of carbonyl (C=O) groups is 1. The normalized spacial score (nSPS) is 22.1. The summed E-state index contributed by atoms with van der Waals surface area (Å²) in [6.45, 7) is 22.0. The van der Waals surface area contributed by atoms with E-state index in [4.69, 9.17) is 24.1 Å². The van der Waals surface area contributed by atoms with Crippen molar-refractivity contribution in [3.8, 4) is 0 Å². The third-order valence-corrected chi connectivity index (χ3v) is 17.4. The summed E-state index contributed by atoms with van der Waals surface area (Å²) >= 11 is 0. The van der Waals surface area contributed by atoms with Gasteiger partial charge in [0.2, 0.25) is 5.95 Å². The Hall–Kier alpha value is -2.60. The molecule has 0 aromatic carbocycles. The van der Waals surface area contributed by atoms with Crippen molar-refractivity contribution in [2.24, 2.45) is 5.11 Å². The summed E-state index contributed by atoms with van der Waals surface area (Å²) in [4.78, 5) is 27.8. The summed E-state index contributed by atoms with van der Waals surface area (Å²) in [6.07, 6.45) is -1.20. The molecule has 14 nitrogen and oxygen atoms in total. The molecule has 2 aromatic rings. The number of esters is 1. The molecule has 41 heavy (non-hydrogen) atoms. The van der Waals surface area contributed by atoms with Crippen molar-refractivity contribution in [3.63, 3.8) is 0 Å². The Bertz CT molecular complexity index is 1300. The second kappa shape index (κ2) is 12.0. The number of azide groups is 1. The largest absolute Gasteiger partial charge is 0.468 e. The molecule has 1 aliphatic rings. The number of anilines is 1. The molecule has 1 fully saturated rings. The first-order valence-corrected chi connectivity index (χ1v) is 19.5. The van der Waals surface area contributed by atoms with Crippen LogP contribution >= 0.6 is 0 Å². The first kappa shape index (κ1) is 32.9. The van der Waals surface area contributed by atoms with Gasteiger partial charge in [0.15, 0.2) is 39.8 Å². The van der Waals surface area contributed by atoms with Crippen molar-refractivity contribution < 1.29 is 23.1 Å². The molecule has 1 saturated heterocycles. The van der Waals surface area contributed by atoms with Gasteiger partial charge in [0.1, 0.15) is 24.6 Å². The van der Waals surface area contributed by atoms with Crippen molar-refractivity contribution in [2.45, 2.75) is 102 Å². The van der Waals surface area contributed by atoms with Crippen molar-refractivity contribution in [3.05, 3.63) is 16.8 Å². The minimum absolute atomic E-state index is 0.00331. The molecule has 0 amide bonds. The molecule has 0 aliphatic carbocycles. The Morgan fingerprint density at radius 1 is 1.12 bits per heavy atom. The van der Waals surface area contributed by atoms with E-state index >= 15 is 0 Å². The molecule has 0 radical (unpaired) electrons. The molecule has 4 atom stereocenters. The SMILES string of the molecule is COC(=O)CNC[C@H]1O[C@@H](n2c(N=[N+]=[N-])nc3c(N)ncnc32)C(O[Si](C)(C)C(C)(C)C)[C@@H]1O[Si](C)(C)C(C)(C)C. The van der Waals surface area contributed by atoms with Crippen LogP contribution in [0.4, 0.5) is 11.8 Å². The highest BCUT2D eigenvalue weighted by molar-refractivity contribution is 6.74. The monoisotopic (exact) mass is 607 g/mol. The fourth-order valence-corrected chi connectivity index (χ4v) is 6.63. The van der Waals surface area contributed by atoms with Gasteiger partial charge in [0.25, 0.3) is 0 Å². The Balaban J connectivity index is 2.22. The lowest BCUT2D eigenvalue weighted by molar-refractivity contribution is -0.139. The maximum Gasteiger partial charge on any atom is 0.319 e. The molecule has 0 bridgehead atoms. The van der Waals surface area contributed by atoms with Gasteiger partial charge in [-0.15, -0.1) is 0 Å². The zero-order chi connectivity index (χ0) is 31.0. The molecule has 228 valence electrons. The van der Waals surface area contributed by atoms with E-state index in [2.05, 4.69) is 98.0 Å². The quantitative estimate of drug-likeness (QED) is 0.125. The third kappa shape index (κ3) is 6.90. The molecular formula is C25H45N9O5Si2. The van der Waals surface area contributed by atoms with Gasteiger partial charge in [0.05, 0.1) is 13.7 Å². The van der Waals surface area contributed by atoms with E-state index < -0.39 is 47.1 Å². The number of methoxy groups -OCH3 is 1. The number of imidazole rings is 1. The van der Waals surface area contributed by atoms with Gasteiger partial charge in [-0.05, 0) is 46.9 Å². The fourth-order valence-electron chi connectivity index (χ4n) is 4.03. The molecule has 3 N–H and O–H groups in total. The molecule has 16 heteroatoms. The van der Waals surface area contributed by atoms with E-state index in [1.165, 1.54) is 13.4 Å². The first-order valence-electron chi connectivity index (χ1n) is 13.7. The molecule has 0 spiro atoms. The molecule has 0 saturated carbocycles. The van der Waals surface area contributed by atoms with Crippen LogP contribution in [0.2, 0.25) is 36.3 Å². The van der Waals surface area contributed by atoms with Crippen LogP contribution in [0.25, 0.3) is 21.6 Å². The Kier molecular flexibility index (Phi) is 9.59. The van der Waals surface area contributed by atoms with Gasteiger partial charge >= 0.3 is 5.97 Å². The van der Waals surface area contributed by atoms with Gasteiger partial charge < -0.3 is 29.4 Å². The number of hydrogen-bond donors (Lipinski definition) is 2. The minimum Gasteiger partial charge on any atom is -0.468 e. The van der Waals surface area contributed by atoms with Crippen LogP contribution in [-0.2, 0) is 23.1 Å². The van der Waals surface area contributed by atoms with Gasteiger partial charge in [-0.3, -0.25) is 9.36 Å². The van der Waals surface area contributed by atoms with Crippen LogP contribution < -0.4 is 11.1 Å². The summed E-state index contributed by atoms with van der Waals surface area (Å²) in [5, 5.41) is 6.75. The first-order chi connectivity index (χ1) is 18.8. The molecular weight excluding hydrogens is 563 g/mol. The summed E-state index contributed by atoms with van der Waals surface area (Å²) in [5.74, 6) is -0.222. The molecule has 1 aliphatic heterocycles. The predicted molar refractivity (Wildman–Crippen MR) is 161 cm³/mol. The smallest absolute Gasteiger partial charge is 0.319 e. The summed E-state index contributed by atoms with van der Waals surface area (Å²) in [7, 11) is -3.44. The highest BCUT2D eigenvalue weighted by Crippen LogP contribution is 2.47. The maximum absolute atomic E-state index is 11.9. The van der Waals surface area contributed by atoms with E-state index in [1.807, 2.05) is 0 Å². The van der Waals surface area contributed by atoms with Crippen LogP contribution in [0.15, 0.2) is 11.4 Å². The zero-order valence-electron chi connectivity index (χ0n) is 26.1. The number of nitrogen functional groups attached to an aromatic ring is 1. The molecule has 1 unspecified atom stereocenters. The predicted octanol–water partition coefficient (Wildman–Crippen LogP) is 4.79. The summed E-state index contributed by atoms with van der Waals surface area (Å²) in [6, 6.07) is 0. The number of fused-ring (bicyclic) bond motifs is 1. The average molecular weight is 608 g/mol. The summed E-state index contributed by atoms with van der Waals surface area (Å²) in [5.41, 5.74) is 16.1. The number of carbonyl (C=O) groups excluding carboxylic acids is 1. The average Bonchev–Trinajstić information content (AvgIpc) is 3.36. The van der Waals surface area contributed by atoms with Crippen LogP contribution in [0.1, 0.15) is 47.8 Å². The van der Waals surface area contributed by atoms with Crippen LogP contribution in [-0.4, -0.2) is 80.6 Å². The van der Waals surface area contributed by atoms with Gasteiger partial charge in [0, 0.05) is 11.5 Å². The van der Waals surface area contributed by atoms with Gasteiger partial charge in [-0.2, -0.15) is 0 Å². The summed E-state index contributed by atoms with van der Waals surface area (Å²) < 4.78 is 27.3. The molecule has 2 aromatic heterocycles. The lowest BCUT2D eigenvalue weighted by atomic mass is 10.1. The van der Waals surface area contributed by atoms with E-state index in [0.29, 0.717) is 11.2 Å².